The molecule has 1 atom stereocenters. The minimum atomic E-state index is -0.175. The number of hydrogen-bond acceptors (Lipinski definition) is 5. The van der Waals surface area contributed by atoms with Crippen molar-refractivity contribution in [1.29, 1.82) is 0 Å². The Labute approximate surface area is 101 Å². The molecule has 1 unspecified atom stereocenters. The highest BCUT2D eigenvalue weighted by Gasteiger charge is 2.19. The summed E-state index contributed by atoms with van der Waals surface area (Å²) in [7, 11) is 0. The lowest BCUT2D eigenvalue weighted by Gasteiger charge is -2.35. The summed E-state index contributed by atoms with van der Waals surface area (Å²) in [6.07, 6.45) is 2.52. The Morgan fingerprint density at radius 1 is 1.44 bits per heavy atom. The molecule has 0 aliphatic carbocycles. The van der Waals surface area contributed by atoms with Crippen LogP contribution in [0.15, 0.2) is 11.6 Å². The second kappa shape index (κ2) is 5.61. The van der Waals surface area contributed by atoms with Gasteiger partial charge in [-0.2, -0.15) is 0 Å². The van der Waals surface area contributed by atoms with Gasteiger partial charge in [-0.3, -0.25) is 4.90 Å². The average Bonchev–Trinajstić information content (AvgIpc) is 2.83. The van der Waals surface area contributed by atoms with Gasteiger partial charge in [0.25, 0.3) is 0 Å². The van der Waals surface area contributed by atoms with Crippen LogP contribution < -0.4 is 4.90 Å². The molecule has 16 heavy (non-hydrogen) atoms. The van der Waals surface area contributed by atoms with Gasteiger partial charge >= 0.3 is 0 Å². The van der Waals surface area contributed by atoms with Gasteiger partial charge in [0.15, 0.2) is 5.13 Å². The van der Waals surface area contributed by atoms with Crippen LogP contribution in [-0.4, -0.2) is 53.8 Å². The first-order chi connectivity index (χ1) is 7.79. The van der Waals surface area contributed by atoms with Crippen molar-refractivity contribution in [2.24, 2.45) is 0 Å². The Hall–Kier alpha value is -0.650. The van der Waals surface area contributed by atoms with E-state index in [0.717, 1.165) is 44.3 Å². The largest absolute Gasteiger partial charge is 0.392 e. The molecule has 5 heteroatoms. The molecule has 1 saturated heterocycles. The average molecular weight is 241 g/mol. The number of aliphatic hydroxyl groups is 1. The Kier molecular flexibility index (Phi) is 4.15. The third-order valence-electron chi connectivity index (χ3n) is 3.00. The van der Waals surface area contributed by atoms with E-state index < -0.39 is 0 Å². The number of nitrogens with zero attached hydrogens (tertiary/aromatic N) is 3. The lowest BCUT2D eigenvalue weighted by molar-refractivity contribution is 0.106. The van der Waals surface area contributed by atoms with Crippen LogP contribution in [-0.2, 0) is 0 Å². The summed E-state index contributed by atoms with van der Waals surface area (Å²) in [4.78, 5) is 8.97. The molecule has 0 bridgehead atoms. The van der Waals surface area contributed by atoms with Gasteiger partial charge in [-0.1, -0.05) is 6.92 Å². The number of aromatic nitrogens is 1. The molecule has 0 aromatic carbocycles. The summed E-state index contributed by atoms with van der Waals surface area (Å²) in [6, 6.07) is 0. The molecule has 1 fully saturated rings. The van der Waals surface area contributed by atoms with Crippen molar-refractivity contribution in [1.82, 2.24) is 9.88 Å². The van der Waals surface area contributed by atoms with Crippen LogP contribution in [0.1, 0.15) is 13.3 Å². The van der Waals surface area contributed by atoms with Crippen molar-refractivity contribution in [3.8, 4) is 0 Å². The van der Waals surface area contributed by atoms with E-state index in [-0.39, 0.29) is 6.10 Å². The standard InChI is InChI=1S/C11H19N3OS/c1-2-10(15)9-13-4-6-14(7-5-13)11-12-3-8-16-11/h3,8,10,15H,2,4-7,9H2,1H3. The van der Waals surface area contributed by atoms with Crippen LogP contribution in [0.2, 0.25) is 0 Å². The number of thiazole rings is 1. The normalized spacial score (nSPS) is 20.0. The smallest absolute Gasteiger partial charge is 0.185 e. The van der Waals surface area contributed by atoms with Crippen LogP contribution in [0.4, 0.5) is 5.13 Å². The number of anilines is 1. The predicted molar refractivity (Wildman–Crippen MR) is 67.1 cm³/mol. The van der Waals surface area contributed by atoms with Crippen molar-refractivity contribution in [3.05, 3.63) is 11.6 Å². The maximum atomic E-state index is 9.59. The van der Waals surface area contributed by atoms with E-state index in [9.17, 15) is 5.11 Å². The zero-order chi connectivity index (χ0) is 11.4. The fourth-order valence-electron chi connectivity index (χ4n) is 1.92. The topological polar surface area (TPSA) is 39.6 Å². The maximum absolute atomic E-state index is 9.59. The van der Waals surface area contributed by atoms with Gasteiger partial charge < -0.3 is 10.0 Å². The molecular formula is C11H19N3OS. The molecule has 90 valence electrons. The lowest BCUT2D eigenvalue weighted by Crippen LogP contribution is -2.48. The quantitative estimate of drug-likeness (QED) is 0.855. The summed E-state index contributed by atoms with van der Waals surface area (Å²) in [5.74, 6) is 0. The van der Waals surface area contributed by atoms with Crippen LogP contribution >= 0.6 is 11.3 Å². The van der Waals surface area contributed by atoms with Crippen LogP contribution in [0.25, 0.3) is 0 Å². The minimum absolute atomic E-state index is 0.175. The third-order valence-corrected chi connectivity index (χ3v) is 3.83. The summed E-state index contributed by atoms with van der Waals surface area (Å²) in [5, 5.41) is 12.7. The molecule has 1 N–H and O–H groups in total. The summed E-state index contributed by atoms with van der Waals surface area (Å²) in [6.45, 7) is 6.92. The Balaban J connectivity index is 1.78. The van der Waals surface area contributed by atoms with E-state index in [1.165, 1.54) is 0 Å². The Morgan fingerprint density at radius 2 is 2.19 bits per heavy atom. The van der Waals surface area contributed by atoms with Gasteiger partial charge in [-0.15, -0.1) is 11.3 Å². The highest BCUT2D eigenvalue weighted by molar-refractivity contribution is 7.13. The van der Waals surface area contributed by atoms with Crippen LogP contribution in [0.5, 0.6) is 0 Å². The fraction of sp³-hybridized carbons (Fsp3) is 0.727. The first-order valence-electron chi connectivity index (χ1n) is 5.84. The monoisotopic (exact) mass is 241 g/mol. The number of rotatable bonds is 4. The third kappa shape index (κ3) is 2.93. The highest BCUT2D eigenvalue weighted by atomic mass is 32.1. The molecule has 1 aliphatic rings. The van der Waals surface area contributed by atoms with Crippen molar-refractivity contribution in [2.75, 3.05) is 37.6 Å². The Bertz CT molecular complexity index is 296. The minimum Gasteiger partial charge on any atom is -0.392 e. The van der Waals surface area contributed by atoms with Gasteiger partial charge in [0.1, 0.15) is 0 Å². The van der Waals surface area contributed by atoms with Gasteiger partial charge in [0, 0.05) is 44.3 Å². The van der Waals surface area contributed by atoms with Crippen molar-refractivity contribution >= 4 is 16.5 Å². The zero-order valence-corrected chi connectivity index (χ0v) is 10.5. The first kappa shape index (κ1) is 11.8. The number of hydrogen-bond donors (Lipinski definition) is 1. The fourth-order valence-corrected chi connectivity index (χ4v) is 2.62. The molecular weight excluding hydrogens is 222 g/mol. The van der Waals surface area contributed by atoms with Gasteiger partial charge in [0.05, 0.1) is 6.10 Å². The van der Waals surface area contributed by atoms with E-state index in [0.29, 0.717) is 0 Å². The van der Waals surface area contributed by atoms with Crippen molar-refractivity contribution in [3.63, 3.8) is 0 Å². The number of piperazine rings is 1. The zero-order valence-electron chi connectivity index (χ0n) is 9.67. The second-order valence-electron chi connectivity index (χ2n) is 4.16. The van der Waals surface area contributed by atoms with E-state index in [1.54, 1.807) is 11.3 Å². The molecule has 1 aromatic heterocycles. The summed E-state index contributed by atoms with van der Waals surface area (Å²) >= 11 is 1.70. The van der Waals surface area contributed by atoms with E-state index in [1.807, 2.05) is 18.5 Å². The molecule has 0 radical (unpaired) electrons. The molecule has 1 aromatic rings. The second-order valence-corrected chi connectivity index (χ2v) is 5.04. The number of β-amino-alcohol motifs (C(OH)–C–C–N with tert-alkyl or cyclic N) is 1. The maximum Gasteiger partial charge on any atom is 0.185 e. The molecule has 0 amide bonds. The van der Waals surface area contributed by atoms with Gasteiger partial charge in [-0.05, 0) is 6.42 Å². The molecule has 2 heterocycles. The van der Waals surface area contributed by atoms with E-state index in [4.69, 9.17) is 0 Å². The molecule has 0 spiro atoms. The molecule has 4 nitrogen and oxygen atoms in total. The van der Waals surface area contributed by atoms with Crippen molar-refractivity contribution < 1.29 is 5.11 Å². The SMILES string of the molecule is CCC(O)CN1CCN(c2nccs2)CC1. The van der Waals surface area contributed by atoms with Gasteiger partial charge in [0.2, 0.25) is 0 Å². The van der Waals surface area contributed by atoms with Crippen molar-refractivity contribution in [2.45, 2.75) is 19.4 Å². The summed E-state index contributed by atoms with van der Waals surface area (Å²) < 4.78 is 0. The van der Waals surface area contributed by atoms with Gasteiger partial charge in [-0.25, -0.2) is 4.98 Å². The molecule has 1 aliphatic heterocycles. The van der Waals surface area contributed by atoms with Crippen LogP contribution in [0.3, 0.4) is 0 Å². The lowest BCUT2D eigenvalue weighted by atomic mass is 10.2. The van der Waals surface area contributed by atoms with Crippen LogP contribution in [0, 0.1) is 0 Å². The molecule has 2 rings (SSSR count). The first-order valence-corrected chi connectivity index (χ1v) is 6.72. The number of aliphatic hydroxyl groups excluding tert-OH is 1. The summed E-state index contributed by atoms with van der Waals surface area (Å²) in [5.41, 5.74) is 0. The van der Waals surface area contributed by atoms with E-state index >= 15 is 0 Å². The van der Waals surface area contributed by atoms with E-state index in [2.05, 4.69) is 14.8 Å². The highest BCUT2D eigenvalue weighted by Crippen LogP contribution is 2.18. The Morgan fingerprint density at radius 3 is 2.75 bits per heavy atom. The predicted octanol–water partition coefficient (Wildman–Crippen LogP) is 1.04. The molecule has 0 saturated carbocycles.